The van der Waals surface area contributed by atoms with Gasteiger partial charge < -0.3 is 5.32 Å². The number of hydrogen-bond acceptors (Lipinski definition) is 6. The monoisotopic (exact) mass is 405 g/mol. The number of likely N-dealkylation sites (N-methyl/N-ethyl adjacent to an activating group) is 1. The van der Waals surface area contributed by atoms with Crippen LogP contribution in [0.15, 0.2) is 42.7 Å². The largest absolute Gasteiger partial charge is 0.352 e. The summed E-state index contributed by atoms with van der Waals surface area (Å²) in [7, 11) is 2.12. The van der Waals surface area contributed by atoms with Crippen molar-refractivity contribution in [1.29, 1.82) is 0 Å². The first-order valence-corrected chi connectivity index (χ1v) is 10.6. The number of fused-ring (bicyclic) bond motifs is 1. The normalized spacial score (nSPS) is 20.5. The second-order valence-electron chi connectivity index (χ2n) is 8.41. The lowest BCUT2D eigenvalue weighted by molar-refractivity contribution is 0.0844. The van der Waals surface area contributed by atoms with E-state index in [1.807, 2.05) is 41.1 Å². The van der Waals surface area contributed by atoms with Crippen molar-refractivity contribution in [3.05, 3.63) is 59.8 Å². The molecule has 0 spiro atoms. The van der Waals surface area contributed by atoms with Crippen LogP contribution >= 0.6 is 0 Å². The van der Waals surface area contributed by atoms with E-state index >= 15 is 0 Å². The molecule has 30 heavy (non-hydrogen) atoms. The second-order valence-corrected chi connectivity index (χ2v) is 8.41. The predicted molar refractivity (Wildman–Crippen MR) is 113 cm³/mol. The lowest BCUT2D eigenvalue weighted by atomic mass is 10.1. The van der Waals surface area contributed by atoms with Crippen molar-refractivity contribution in [1.82, 2.24) is 34.7 Å². The number of hydrogen-bond donors (Lipinski definition) is 1. The van der Waals surface area contributed by atoms with Gasteiger partial charge in [-0.15, -0.1) is 10.2 Å². The number of nitrogens with zero attached hydrogens (tertiary/aromatic N) is 6. The third kappa shape index (κ3) is 4.06. The van der Waals surface area contributed by atoms with Crippen LogP contribution < -0.4 is 5.32 Å². The van der Waals surface area contributed by atoms with E-state index in [1.54, 1.807) is 0 Å². The van der Waals surface area contributed by atoms with Crippen LogP contribution in [0, 0.1) is 5.92 Å². The molecule has 3 aromatic rings. The van der Waals surface area contributed by atoms with Crippen LogP contribution in [0.25, 0.3) is 5.65 Å². The molecule has 1 aliphatic heterocycles. The fourth-order valence-corrected chi connectivity index (χ4v) is 4.00. The van der Waals surface area contributed by atoms with Crippen LogP contribution in [-0.2, 0) is 6.54 Å². The summed E-state index contributed by atoms with van der Waals surface area (Å²) in [6, 6.07) is 9.83. The van der Waals surface area contributed by atoms with Crippen molar-refractivity contribution in [3.8, 4) is 0 Å². The average Bonchev–Trinajstić information content (AvgIpc) is 3.51. The first-order valence-electron chi connectivity index (χ1n) is 10.6. The SMILES string of the molecule is CN1CCN(Cc2ccccn2)C[C@H]1c1nnc2ccc(C(=O)NCC3CC3)cn12. The first-order chi connectivity index (χ1) is 14.7. The molecule has 1 amide bonds. The van der Waals surface area contributed by atoms with Gasteiger partial charge in [-0.25, -0.2) is 0 Å². The third-order valence-corrected chi connectivity index (χ3v) is 6.08. The molecule has 8 heteroatoms. The molecule has 5 rings (SSSR count). The molecular formula is C22H27N7O. The van der Waals surface area contributed by atoms with E-state index in [0.717, 1.165) is 49.9 Å². The van der Waals surface area contributed by atoms with Crippen LogP contribution in [0.1, 0.15) is 40.8 Å². The van der Waals surface area contributed by atoms with Crippen molar-refractivity contribution in [3.63, 3.8) is 0 Å². The summed E-state index contributed by atoms with van der Waals surface area (Å²) in [5.41, 5.74) is 2.48. The molecule has 1 saturated heterocycles. The highest BCUT2D eigenvalue weighted by atomic mass is 16.1. The van der Waals surface area contributed by atoms with E-state index in [-0.39, 0.29) is 11.9 Å². The van der Waals surface area contributed by atoms with Crippen LogP contribution in [-0.4, -0.2) is 68.5 Å². The highest BCUT2D eigenvalue weighted by Gasteiger charge is 2.30. The Morgan fingerprint density at radius 2 is 2.07 bits per heavy atom. The minimum absolute atomic E-state index is 0.0303. The molecule has 1 aliphatic carbocycles. The van der Waals surface area contributed by atoms with Crippen molar-refractivity contribution in [2.45, 2.75) is 25.4 Å². The van der Waals surface area contributed by atoms with Gasteiger partial charge >= 0.3 is 0 Å². The molecule has 1 N–H and O–H groups in total. The third-order valence-electron chi connectivity index (χ3n) is 6.08. The van der Waals surface area contributed by atoms with Gasteiger partial charge in [0, 0.05) is 45.1 Å². The molecule has 4 heterocycles. The molecule has 0 radical (unpaired) electrons. The van der Waals surface area contributed by atoms with Gasteiger partial charge in [0.05, 0.1) is 17.3 Å². The molecule has 2 fully saturated rings. The molecule has 0 unspecified atom stereocenters. The number of pyridine rings is 2. The Morgan fingerprint density at radius 1 is 1.17 bits per heavy atom. The Morgan fingerprint density at radius 3 is 2.87 bits per heavy atom. The molecule has 1 saturated carbocycles. The molecule has 1 atom stereocenters. The lowest BCUT2D eigenvalue weighted by Crippen LogP contribution is -2.46. The van der Waals surface area contributed by atoms with Gasteiger partial charge in [0.15, 0.2) is 11.5 Å². The summed E-state index contributed by atoms with van der Waals surface area (Å²) in [6.07, 6.45) is 6.15. The van der Waals surface area contributed by atoms with Crippen molar-refractivity contribution in [2.75, 3.05) is 33.2 Å². The number of carbonyl (C=O) groups excluding carboxylic acids is 1. The minimum Gasteiger partial charge on any atom is -0.352 e. The summed E-state index contributed by atoms with van der Waals surface area (Å²) in [5, 5.41) is 11.9. The number of amides is 1. The molecule has 8 nitrogen and oxygen atoms in total. The number of aromatic nitrogens is 4. The molecule has 3 aromatic heterocycles. The fraction of sp³-hybridized carbons (Fsp3) is 0.455. The quantitative estimate of drug-likeness (QED) is 0.673. The average molecular weight is 406 g/mol. The Bertz CT molecular complexity index is 1030. The maximum absolute atomic E-state index is 12.6. The van der Waals surface area contributed by atoms with Gasteiger partial charge in [0.1, 0.15) is 0 Å². The zero-order valence-corrected chi connectivity index (χ0v) is 17.2. The summed E-state index contributed by atoms with van der Waals surface area (Å²) in [6.45, 7) is 4.34. The van der Waals surface area contributed by atoms with Crippen molar-refractivity contribution in [2.24, 2.45) is 5.92 Å². The Labute approximate surface area is 175 Å². The number of piperazine rings is 1. The predicted octanol–water partition coefficient (Wildman–Crippen LogP) is 1.75. The van der Waals surface area contributed by atoms with E-state index in [9.17, 15) is 4.79 Å². The van der Waals surface area contributed by atoms with Crippen molar-refractivity contribution < 1.29 is 4.79 Å². The van der Waals surface area contributed by atoms with Gasteiger partial charge in [-0.1, -0.05) is 6.07 Å². The summed E-state index contributed by atoms with van der Waals surface area (Å²) >= 11 is 0. The van der Waals surface area contributed by atoms with E-state index in [1.165, 1.54) is 12.8 Å². The van der Waals surface area contributed by atoms with Gasteiger partial charge in [-0.3, -0.25) is 24.0 Å². The molecule has 156 valence electrons. The standard InChI is InChI=1S/C22H27N7O/c1-27-10-11-28(14-18-4-2-3-9-23-18)15-19(27)21-26-25-20-8-7-17(13-29(20)21)22(30)24-12-16-5-6-16/h2-4,7-9,13,16,19H,5-6,10-12,14-15H2,1H3,(H,24,30)/t19-/m0/s1. The van der Waals surface area contributed by atoms with Gasteiger partial charge in [0.2, 0.25) is 0 Å². The summed E-state index contributed by atoms with van der Waals surface area (Å²) < 4.78 is 1.97. The number of rotatable bonds is 6. The highest BCUT2D eigenvalue weighted by Crippen LogP contribution is 2.28. The Balaban J connectivity index is 1.36. The van der Waals surface area contributed by atoms with E-state index in [0.29, 0.717) is 11.5 Å². The van der Waals surface area contributed by atoms with Crippen LogP contribution in [0.2, 0.25) is 0 Å². The molecular weight excluding hydrogens is 378 g/mol. The number of nitrogens with one attached hydrogen (secondary N) is 1. The van der Waals surface area contributed by atoms with Gasteiger partial charge in [-0.05, 0) is 50.1 Å². The summed E-state index contributed by atoms with van der Waals surface area (Å²) in [4.78, 5) is 21.7. The zero-order chi connectivity index (χ0) is 20.5. The highest BCUT2D eigenvalue weighted by molar-refractivity contribution is 5.94. The fourth-order valence-electron chi connectivity index (χ4n) is 4.00. The van der Waals surface area contributed by atoms with Crippen LogP contribution in [0.5, 0.6) is 0 Å². The topological polar surface area (TPSA) is 78.7 Å². The van der Waals surface area contributed by atoms with Crippen LogP contribution in [0.3, 0.4) is 0 Å². The van der Waals surface area contributed by atoms with Gasteiger partial charge in [-0.2, -0.15) is 0 Å². The zero-order valence-electron chi connectivity index (χ0n) is 17.2. The molecule has 2 aliphatic rings. The molecule has 0 aromatic carbocycles. The Kier molecular flexibility index (Phi) is 5.18. The van der Waals surface area contributed by atoms with Crippen molar-refractivity contribution >= 4 is 11.6 Å². The summed E-state index contributed by atoms with van der Waals surface area (Å²) in [5.74, 6) is 1.50. The van der Waals surface area contributed by atoms with E-state index < -0.39 is 0 Å². The lowest BCUT2D eigenvalue weighted by Gasteiger charge is -2.38. The smallest absolute Gasteiger partial charge is 0.252 e. The van der Waals surface area contributed by atoms with E-state index in [2.05, 4.69) is 43.4 Å². The second kappa shape index (κ2) is 8.12. The van der Waals surface area contributed by atoms with Crippen LogP contribution in [0.4, 0.5) is 0 Å². The first kappa shape index (κ1) is 19.1. The van der Waals surface area contributed by atoms with Gasteiger partial charge in [0.25, 0.3) is 5.91 Å². The maximum Gasteiger partial charge on any atom is 0.252 e. The molecule has 0 bridgehead atoms. The van der Waals surface area contributed by atoms with E-state index in [4.69, 9.17) is 0 Å². The number of carbonyl (C=O) groups is 1. The Hall–Kier alpha value is -2.84. The minimum atomic E-state index is -0.0303. The maximum atomic E-state index is 12.6.